The van der Waals surface area contributed by atoms with Crippen molar-refractivity contribution in [3.63, 3.8) is 0 Å². The van der Waals surface area contributed by atoms with Gasteiger partial charge in [0.1, 0.15) is 5.76 Å². The molecular formula is C11H16N2O2. The van der Waals surface area contributed by atoms with Gasteiger partial charge in [0.15, 0.2) is 5.89 Å². The maximum absolute atomic E-state index is 11.5. The maximum atomic E-state index is 11.5. The van der Waals surface area contributed by atoms with Crippen molar-refractivity contribution < 1.29 is 9.21 Å². The molecule has 2 rings (SSSR count). The van der Waals surface area contributed by atoms with Gasteiger partial charge in [-0.1, -0.05) is 6.42 Å². The lowest BCUT2D eigenvalue weighted by atomic mass is 9.85. The summed E-state index contributed by atoms with van der Waals surface area (Å²) in [7, 11) is 0. The van der Waals surface area contributed by atoms with Gasteiger partial charge in [-0.15, -0.1) is 0 Å². The lowest BCUT2D eigenvalue weighted by Gasteiger charge is -2.23. The second kappa shape index (κ2) is 4.04. The van der Waals surface area contributed by atoms with E-state index in [1.54, 1.807) is 0 Å². The Morgan fingerprint density at radius 1 is 1.53 bits per heavy atom. The Balaban J connectivity index is 1.87. The monoisotopic (exact) mass is 208 g/mol. The number of nitrogens with zero attached hydrogens (tertiary/aromatic N) is 1. The van der Waals surface area contributed by atoms with Crippen LogP contribution in [0.2, 0.25) is 0 Å². The molecule has 15 heavy (non-hydrogen) atoms. The maximum Gasteiger partial charge on any atom is 0.223 e. The van der Waals surface area contributed by atoms with E-state index in [1.807, 2.05) is 13.8 Å². The first-order chi connectivity index (χ1) is 7.16. The number of carbonyl (C=O) groups is 1. The molecule has 1 aliphatic carbocycles. The van der Waals surface area contributed by atoms with E-state index in [1.165, 1.54) is 6.42 Å². The van der Waals surface area contributed by atoms with Gasteiger partial charge in [0.25, 0.3) is 0 Å². The fourth-order valence-electron chi connectivity index (χ4n) is 1.72. The zero-order valence-electron chi connectivity index (χ0n) is 9.17. The van der Waals surface area contributed by atoms with E-state index in [4.69, 9.17) is 4.42 Å². The highest BCUT2D eigenvalue weighted by Gasteiger charge is 2.25. The first kappa shape index (κ1) is 10.2. The van der Waals surface area contributed by atoms with E-state index in [0.717, 1.165) is 24.3 Å². The van der Waals surface area contributed by atoms with Crippen LogP contribution in [0.1, 0.15) is 36.6 Å². The van der Waals surface area contributed by atoms with E-state index in [-0.39, 0.29) is 11.8 Å². The zero-order valence-corrected chi connectivity index (χ0v) is 9.17. The Kier molecular flexibility index (Phi) is 2.75. The molecule has 0 atom stereocenters. The summed E-state index contributed by atoms with van der Waals surface area (Å²) in [4.78, 5) is 15.7. The number of aryl methyl sites for hydroxylation is 2. The minimum Gasteiger partial charge on any atom is -0.444 e. The molecule has 1 fully saturated rings. The van der Waals surface area contributed by atoms with Crippen LogP contribution < -0.4 is 5.32 Å². The van der Waals surface area contributed by atoms with Gasteiger partial charge in [-0.3, -0.25) is 4.79 Å². The molecule has 0 unspecified atom stereocenters. The average molecular weight is 208 g/mol. The normalized spacial score (nSPS) is 16.1. The van der Waals surface area contributed by atoms with Crippen molar-refractivity contribution in [1.82, 2.24) is 10.3 Å². The third-order valence-electron chi connectivity index (χ3n) is 2.90. The molecule has 4 heteroatoms. The van der Waals surface area contributed by atoms with Crippen LogP contribution in [-0.4, -0.2) is 10.9 Å². The molecule has 0 saturated heterocycles. The summed E-state index contributed by atoms with van der Waals surface area (Å²) in [6, 6.07) is 0. The van der Waals surface area contributed by atoms with Gasteiger partial charge in [0.2, 0.25) is 5.91 Å². The van der Waals surface area contributed by atoms with Crippen LogP contribution in [0.4, 0.5) is 0 Å². The molecule has 82 valence electrons. The molecule has 1 aromatic rings. The lowest BCUT2D eigenvalue weighted by Crippen LogP contribution is -2.34. The number of oxazole rings is 1. The Morgan fingerprint density at radius 2 is 2.27 bits per heavy atom. The SMILES string of the molecule is Cc1nc(C)c(CNC(=O)C2CCC2)o1. The molecule has 0 aliphatic heterocycles. The molecule has 0 radical (unpaired) electrons. The van der Waals surface area contributed by atoms with Gasteiger partial charge in [-0.25, -0.2) is 4.98 Å². The molecule has 1 N–H and O–H groups in total. The van der Waals surface area contributed by atoms with Crippen molar-refractivity contribution >= 4 is 5.91 Å². The van der Waals surface area contributed by atoms with Gasteiger partial charge >= 0.3 is 0 Å². The summed E-state index contributed by atoms with van der Waals surface area (Å²) >= 11 is 0. The molecule has 0 aromatic carbocycles. The minimum atomic E-state index is 0.148. The summed E-state index contributed by atoms with van der Waals surface area (Å²) < 4.78 is 5.37. The van der Waals surface area contributed by atoms with Crippen LogP contribution in [0.5, 0.6) is 0 Å². The van der Waals surface area contributed by atoms with Crippen molar-refractivity contribution in [2.75, 3.05) is 0 Å². The van der Waals surface area contributed by atoms with Crippen LogP contribution in [0, 0.1) is 19.8 Å². The van der Waals surface area contributed by atoms with Gasteiger partial charge in [0, 0.05) is 12.8 Å². The summed E-state index contributed by atoms with van der Waals surface area (Å²) in [6.07, 6.45) is 3.24. The molecule has 1 amide bonds. The Labute approximate surface area is 89.1 Å². The van der Waals surface area contributed by atoms with Crippen LogP contribution >= 0.6 is 0 Å². The van der Waals surface area contributed by atoms with E-state index < -0.39 is 0 Å². The third-order valence-corrected chi connectivity index (χ3v) is 2.90. The fraction of sp³-hybridized carbons (Fsp3) is 0.636. The third kappa shape index (κ3) is 2.19. The van der Waals surface area contributed by atoms with Crippen molar-refractivity contribution in [3.05, 3.63) is 17.3 Å². The summed E-state index contributed by atoms with van der Waals surface area (Å²) in [5.41, 5.74) is 0.862. The standard InChI is InChI=1S/C11H16N2O2/c1-7-10(15-8(2)13-7)6-12-11(14)9-4-3-5-9/h9H,3-6H2,1-2H3,(H,12,14). The second-order valence-electron chi connectivity index (χ2n) is 4.09. The number of rotatable bonds is 3. The number of aromatic nitrogens is 1. The van der Waals surface area contributed by atoms with Gasteiger partial charge < -0.3 is 9.73 Å². The highest BCUT2D eigenvalue weighted by molar-refractivity contribution is 5.79. The Bertz CT molecular complexity index is 367. The van der Waals surface area contributed by atoms with E-state index in [0.29, 0.717) is 12.4 Å². The molecule has 0 bridgehead atoms. The van der Waals surface area contributed by atoms with Crippen molar-refractivity contribution in [2.24, 2.45) is 5.92 Å². The molecular weight excluding hydrogens is 192 g/mol. The summed E-state index contributed by atoms with van der Waals surface area (Å²) in [5.74, 6) is 1.80. The van der Waals surface area contributed by atoms with Crippen LogP contribution in [0.15, 0.2) is 4.42 Å². The number of carbonyl (C=O) groups excluding carboxylic acids is 1. The van der Waals surface area contributed by atoms with Crippen LogP contribution in [0.3, 0.4) is 0 Å². The van der Waals surface area contributed by atoms with Crippen molar-refractivity contribution in [1.29, 1.82) is 0 Å². The molecule has 1 aliphatic rings. The molecule has 4 nitrogen and oxygen atoms in total. The largest absolute Gasteiger partial charge is 0.444 e. The van der Waals surface area contributed by atoms with E-state index in [2.05, 4.69) is 10.3 Å². The number of amides is 1. The number of hydrogen-bond donors (Lipinski definition) is 1. The molecule has 1 aromatic heterocycles. The predicted molar refractivity (Wildman–Crippen MR) is 55.2 cm³/mol. The molecule has 1 saturated carbocycles. The van der Waals surface area contributed by atoms with Gasteiger partial charge in [-0.2, -0.15) is 0 Å². The van der Waals surface area contributed by atoms with Crippen LogP contribution in [0.25, 0.3) is 0 Å². The first-order valence-corrected chi connectivity index (χ1v) is 5.37. The van der Waals surface area contributed by atoms with Gasteiger partial charge in [0.05, 0.1) is 12.2 Å². The van der Waals surface area contributed by atoms with Crippen molar-refractivity contribution in [3.8, 4) is 0 Å². The average Bonchev–Trinajstić information content (AvgIpc) is 2.38. The lowest BCUT2D eigenvalue weighted by molar-refractivity contribution is -0.127. The Hall–Kier alpha value is -1.32. The predicted octanol–water partition coefficient (Wildman–Crippen LogP) is 1.71. The summed E-state index contributed by atoms with van der Waals surface area (Å²) in [5, 5.41) is 2.88. The highest BCUT2D eigenvalue weighted by atomic mass is 16.4. The van der Waals surface area contributed by atoms with Crippen molar-refractivity contribution in [2.45, 2.75) is 39.7 Å². The zero-order chi connectivity index (χ0) is 10.8. The fourth-order valence-corrected chi connectivity index (χ4v) is 1.72. The Morgan fingerprint density at radius 3 is 2.73 bits per heavy atom. The highest BCUT2D eigenvalue weighted by Crippen LogP contribution is 2.26. The van der Waals surface area contributed by atoms with E-state index >= 15 is 0 Å². The first-order valence-electron chi connectivity index (χ1n) is 5.37. The van der Waals surface area contributed by atoms with E-state index in [9.17, 15) is 4.79 Å². The van der Waals surface area contributed by atoms with Crippen LogP contribution in [-0.2, 0) is 11.3 Å². The second-order valence-corrected chi connectivity index (χ2v) is 4.09. The minimum absolute atomic E-state index is 0.148. The summed E-state index contributed by atoms with van der Waals surface area (Å²) in [6.45, 7) is 4.16. The molecule has 0 spiro atoms. The topological polar surface area (TPSA) is 55.1 Å². The number of hydrogen-bond acceptors (Lipinski definition) is 3. The number of nitrogens with one attached hydrogen (secondary N) is 1. The smallest absolute Gasteiger partial charge is 0.223 e. The quantitative estimate of drug-likeness (QED) is 0.822. The molecule has 1 heterocycles. The van der Waals surface area contributed by atoms with Gasteiger partial charge in [-0.05, 0) is 19.8 Å².